The molecule has 0 radical (unpaired) electrons. The van der Waals surface area contributed by atoms with E-state index in [1.54, 1.807) is 5.06 Å². The first-order valence-corrected chi connectivity index (χ1v) is 8.92. The maximum absolute atomic E-state index is 12.4. The first-order valence-electron chi connectivity index (χ1n) is 8.92. The van der Waals surface area contributed by atoms with Crippen molar-refractivity contribution in [2.24, 2.45) is 17.8 Å². The Kier molecular flexibility index (Phi) is 4.78. The van der Waals surface area contributed by atoms with Crippen LogP contribution in [0.2, 0.25) is 0 Å². The van der Waals surface area contributed by atoms with Crippen LogP contribution in [0.1, 0.15) is 18.4 Å². The van der Waals surface area contributed by atoms with Crippen LogP contribution in [0.4, 0.5) is 0 Å². The summed E-state index contributed by atoms with van der Waals surface area (Å²) >= 11 is 0. The summed E-state index contributed by atoms with van der Waals surface area (Å²) in [4.78, 5) is 24.4. The second-order valence-corrected chi connectivity index (χ2v) is 7.16. The number of rotatable bonds is 4. The summed E-state index contributed by atoms with van der Waals surface area (Å²) in [6.45, 7) is 5.97. The van der Waals surface area contributed by atoms with E-state index in [2.05, 4.69) is 22.0 Å². The van der Waals surface area contributed by atoms with Crippen LogP contribution in [0, 0.1) is 17.8 Å². The van der Waals surface area contributed by atoms with E-state index >= 15 is 0 Å². The minimum absolute atomic E-state index is 0.120. The van der Waals surface area contributed by atoms with Crippen molar-refractivity contribution in [1.82, 2.24) is 14.9 Å². The van der Waals surface area contributed by atoms with Gasteiger partial charge in [0.15, 0.2) is 0 Å². The van der Waals surface area contributed by atoms with E-state index in [1.165, 1.54) is 5.56 Å². The third-order valence-electron chi connectivity index (χ3n) is 5.46. The SMILES string of the molecule is O=C(C[C@@H]1COC[C@H]2CN(Cc3ccncc3)C[C@@H]12)N1CCCO1. The number of hydrogen-bond acceptors (Lipinski definition) is 5. The first kappa shape index (κ1) is 16.0. The van der Waals surface area contributed by atoms with Crippen molar-refractivity contribution in [3.8, 4) is 0 Å². The average molecular weight is 331 g/mol. The van der Waals surface area contributed by atoms with E-state index < -0.39 is 0 Å². The smallest absolute Gasteiger partial charge is 0.246 e. The molecule has 1 amide bonds. The Hall–Kier alpha value is -1.50. The van der Waals surface area contributed by atoms with Gasteiger partial charge >= 0.3 is 0 Å². The van der Waals surface area contributed by atoms with Crippen molar-refractivity contribution in [3.63, 3.8) is 0 Å². The third kappa shape index (κ3) is 3.45. The molecule has 0 aromatic carbocycles. The standard InChI is InChI=1S/C18H25N3O3/c22-18(21-6-1-7-24-21)8-15-12-23-13-16-10-20(11-17(15)16)9-14-2-4-19-5-3-14/h2-5,15-17H,1,6-13H2/t15-,16-,17+/m1/s1. The van der Waals surface area contributed by atoms with Crippen LogP contribution in [0.25, 0.3) is 0 Å². The molecule has 0 spiro atoms. The molecule has 4 rings (SSSR count). The van der Waals surface area contributed by atoms with Gasteiger partial charge < -0.3 is 4.74 Å². The lowest BCUT2D eigenvalue weighted by atomic mass is 9.81. The Bertz CT molecular complexity index is 562. The lowest BCUT2D eigenvalue weighted by Crippen LogP contribution is -2.38. The fourth-order valence-electron chi connectivity index (χ4n) is 4.25. The van der Waals surface area contributed by atoms with Gasteiger partial charge in [0, 0.05) is 38.4 Å². The molecule has 3 aliphatic heterocycles. The normalized spacial score (nSPS) is 30.5. The Morgan fingerprint density at radius 2 is 2.12 bits per heavy atom. The van der Waals surface area contributed by atoms with Crippen molar-refractivity contribution in [1.29, 1.82) is 0 Å². The van der Waals surface area contributed by atoms with Crippen molar-refractivity contribution in [3.05, 3.63) is 30.1 Å². The summed E-state index contributed by atoms with van der Waals surface area (Å²) in [5, 5.41) is 1.55. The minimum Gasteiger partial charge on any atom is -0.381 e. The summed E-state index contributed by atoms with van der Waals surface area (Å²) in [6.07, 6.45) is 5.18. The number of carbonyl (C=O) groups is 1. The number of hydrogen-bond donors (Lipinski definition) is 0. The summed E-state index contributed by atoms with van der Waals surface area (Å²) in [5.74, 6) is 1.52. The molecular formula is C18H25N3O3. The fraction of sp³-hybridized carbons (Fsp3) is 0.667. The van der Waals surface area contributed by atoms with Crippen LogP contribution in [0.3, 0.4) is 0 Å². The molecule has 1 aromatic rings. The van der Waals surface area contributed by atoms with Gasteiger partial charge in [0.25, 0.3) is 0 Å². The molecule has 0 bridgehead atoms. The summed E-state index contributed by atoms with van der Waals surface area (Å²) < 4.78 is 5.81. The van der Waals surface area contributed by atoms with Crippen LogP contribution in [0.5, 0.6) is 0 Å². The molecule has 3 atom stereocenters. The Morgan fingerprint density at radius 1 is 1.25 bits per heavy atom. The molecule has 1 aromatic heterocycles. The number of aromatic nitrogens is 1. The van der Waals surface area contributed by atoms with Gasteiger partial charge in [0.05, 0.1) is 26.4 Å². The molecule has 3 aliphatic rings. The van der Waals surface area contributed by atoms with E-state index in [9.17, 15) is 4.79 Å². The third-order valence-corrected chi connectivity index (χ3v) is 5.46. The number of carbonyl (C=O) groups excluding carboxylic acids is 1. The lowest BCUT2D eigenvalue weighted by Gasteiger charge is -2.33. The van der Waals surface area contributed by atoms with Gasteiger partial charge in [0.2, 0.25) is 5.91 Å². The average Bonchev–Trinajstić information content (AvgIpc) is 3.25. The first-order chi connectivity index (χ1) is 11.8. The lowest BCUT2D eigenvalue weighted by molar-refractivity contribution is -0.171. The van der Waals surface area contributed by atoms with Gasteiger partial charge in [-0.2, -0.15) is 0 Å². The maximum Gasteiger partial charge on any atom is 0.246 e. The van der Waals surface area contributed by atoms with E-state index in [4.69, 9.17) is 9.57 Å². The molecule has 130 valence electrons. The Morgan fingerprint density at radius 3 is 2.92 bits per heavy atom. The molecule has 0 unspecified atom stereocenters. The molecule has 24 heavy (non-hydrogen) atoms. The summed E-state index contributed by atoms with van der Waals surface area (Å²) in [6, 6.07) is 4.15. The van der Waals surface area contributed by atoms with Crippen LogP contribution in [-0.2, 0) is 20.9 Å². The Labute approximate surface area is 142 Å². The quantitative estimate of drug-likeness (QED) is 0.833. The second kappa shape index (κ2) is 7.17. The number of fused-ring (bicyclic) bond motifs is 1. The fourth-order valence-corrected chi connectivity index (χ4v) is 4.25. The van der Waals surface area contributed by atoms with E-state index in [-0.39, 0.29) is 5.91 Å². The van der Waals surface area contributed by atoms with Gasteiger partial charge in [-0.1, -0.05) is 0 Å². The highest BCUT2D eigenvalue weighted by Crippen LogP contribution is 2.36. The highest BCUT2D eigenvalue weighted by Gasteiger charge is 2.42. The highest BCUT2D eigenvalue weighted by atomic mass is 16.7. The molecule has 6 heteroatoms. The molecule has 3 fully saturated rings. The molecule has 0 N–H and O–H groups in total. The van der Waals surface area contributed by atoms with Gasteiger partial charge in [-0.05, 0) is 41.9 Å². The molecular weight excluding hydrogens is 306 g/mol. The van der Waals surface area contributed by atoms with Gasteiger partial charge in [-0.25, -0.2) is 5.06 Å². The monoisotopic (exact) mass is 331 g/mol. The largest absolute Gasteiger partial charge is 0.381 e. The van der Waals surface area contributed by atoms with E-state index in [0.29, 0.717) is 37.4 Å². The van der Waals surface area contributed by atoms with Crippen molar-refractivity contribution in [2.45, 2.75) is 19.4 Å². The second-order valence-electron chi connectivity index (χ2n) is 7.16. The molecule has 4 heterocycles. The van der Waals surface area contributed by atoms with E-state index in [1.807, 2.05) is 12.4 Å². The number of likely N-dealkylation sites (tertiary alicyclic amines) is 1. The number of ether oxygens (including phenoxy) is 1. The van der Waals surface area contributed by atoms with Gasteiger partial charge in [0.1, 0.15) is 0 Å². The molecule has 3 saturated heterocycles. The van der Waals surface area contributed by atoms with Crippen LogP contribution in [0.15, 0.2) is 24.5 Å². The zero-order valence-corrected chi connectivity index (χ0v) is 14.0. The van der Waals surface area contributed by atoms with Crippen LogP contribution in [-0.4, -0.2) is 60.3 Å². The molecule has 0 saturated carbocycles. The minimum atomic E-state index is 0.120. The number of hydroxylamine groups is 2. The highest BCUT2D eigenvalue weighted by molar-refractivity contribution is 5.75. The number of pyridine rings is 1. The van der Waals surface area contributed by atoms with Crippen LogP contribution >= 0.6 is 0 Å². The predicted molar refractivity (Wildman–Crippen MR) is 87.7 cm³/mol. The van der Waals surface area contributed by atoms with Gasteiger partial charge in [-0.3, -0.25) is 19.5 Å². The zero-order chi connectivity index (χ0) is 16.4. The van der Waals surface area contributed by atoms with Gasteiger partial charge in [-0.15, -0.1) is 0 Å². The van der Waals surface area contributed by atoms with Crippen LogP contribution < -0.4 is 0 Å². The predicted octanol–water partition coefficient (Wildman–Crippen LogP) is 1.33. The topological polar surface area (TPSA) is 54.9 Å². The molecule has 0 aliphatic carbocycles. The maximum atomic E-state index is 12.4. The number of nitrogens with zero attached hydrogens (tertiary/aromatic N) is 3. The summed E-state index contributed by atoms with van der Waals surface area (Å²) in [7, 11) is 0. The van der Waals surface area contributed by atoms with Crippen molar-refractivity contribution in [2.75, 3.05) is 39.5 Å². The van der Waals surface area contributed by atoms with E-state index in [0.717, 1.165) is 39.2 Å². The Balaban J connectivity index is 1.36. The molecule has 6 nitrogen and oxygen atoms in total. The van der Waals surface area contributed by atoms with Crippen molar-refractivity contribution >= 4 is 5.91 Å². The summed E-state index contributed by atoms with van der Waals surface area (Å²) in [5.41, 5.74) is 1.29. The zero-order valence-electron chi connectivity index (χ0n) is 14.0. The van der Waals surface area contributed by atoms with Crippen molar-refractivity contribution < 1.29 is 14.4 Å². The number of amides is 1.